The van der Waals surface area contributed by atoms with Gasteiger partial charge in [-0.25, -0.2) is 13.1 Å². The van der Waals surface area contributed by atoms with E-state index in [-0.39, 0.29) is 0 Å². The third-order valence-corrected chi connectivity index (χ3v) is 6.48. The fourth-order valence-corrected chi connectivity index (χ4v) is 4.76. The van der Waals surface area contributed by atoms with Gasteiger partial charge < -0.3 is 9.30 Å². The summed E-state index contributed by atoms with van der Waals surface area (Å²) < 4.78 is 35.9. The molecule has 1 heterocycles. The summed E-state index contributed by atoms with van der Waals surface area (Å²) in [5.74, 6) is 0.699. The van der Waals surface area contributed by atoms with E-state index in [0.29, 0.717) is 28.8 Å². The van der Waals surface area contributed by atoms with Crippen LogP contribution in [0, 0.1) is 27.7 Å². The molecule has 5 nitrogen and oxygen atoms in total. The van der Waals surface area contributed by atoms with E-state index < -0.39 is 10.0 Å². The molecule has 0 unspecified atom stereocenters. The van der Waals surface area contributed by atoms with Crippen LogP contribution in [0.2, 0.25) is 0 Å². The zero-order chi connectivity index (χ0) is 18.4. The number of nitrogens with one attached hydrogen (secondary N) is 1. The van der Waals surface area contributed by atoms with Gasteiger partial charge in [-0.1, -0.05) is 0 Å². The minimum atomic E-state index is -3.58. The van der Waals surface area contributed by atoms with E-state index in [9.17, 15) is 8.42 Å². The second-order valence-electron chi connectivity index (χ2n) is 6.91. The first-order chi connectivity index (χ1) is 11.7. The van der Waals surface area contributed by atoms with Crippen molar-refractivity contribution >= 4 is 10.0 Å². The normalized spacial score (nSPS) is 14.8. The summed E-state index contributed by atoms with van der Waals surface area (Å²) in [6.07, 6.45) is 2.43. The van der Waals surface area contributed by atoms with Gasteiger partial charge in [0.15, 0.2) is 0 Å². The van der Waals surface area contributed by atoms with Gasteiger partial charge in [0.2, 0.25) is 10.0 Å². The third kappa shape index (κ3) is 3.46. The Balaban J connectivity index is 1.83. The number of nitrogens with zero attached hydrogens (tertiary/aromatic N) is 1. The maximum absolute atomic E-state index is 12.8. The lowest BCUT2D eigenvalue weighted by Gasteiger charge is -2.13. The van der Waals surface area contributed by atoms with Gasteiger partial charge in [-0.05, 0) is 75.4 Å². The highest BCUT2D eigenvalue weighted by molar-refractivity contribution is 7.89. The average Bonchev–Trinajstić information content (AvgIpc) is 3.33. The predicted molar refractivity (Wildman–Crippen MR) is 98.7 cm³/mol. The zero-order valence-corrected chi connectivity index (χ0v) is 16.3. The molecular weight excluding hydrogens is 336 g/mol. The maximum atomic E-state index is 12.8. The molecule has 2 aromatic rings. The van der Waals surface area contributed by atoms with Crippen LogP contribution >= 0.6 is 0 Å². The molecule has 0 amide bonds. The van der Waals surface area contributed by atoms with Crippen LogP contribution in [0.1, 0.15) is 47.0 Å². The Hall–Kier alpha value is -1.79. The van der Waals surface area contributed by atoms with Crippen LogP contribution in [0.4, 0.5) is 0 Å². The van der Waals surface area contributed by atoms with Crippen LogP contribution in [0.25, 0.3) is 0 Å². The highest BCUT2D eigenvalue weighted by Gasteiger charge is 2.27. The summed E-state index contributed by atoms with van der Waals surface area (Å²) in [6, 6.07) is 6.12. The molecule has 6 heteroatoms. The molecule has 1 aromatic heterocycles. The quantitative estimate of drug-likeness (QED) is 0.855. The van der Waals surface area contributed by atoms with Crippen LogP contribution in [0.15, 0.2) is 23.1 Å². The first-order valence-electron chi connectivity index (χ1n) is 8.57. The zero-order valence-electron chi connectivity index (χ0n) is 15.5. The number of hydrogen-bond donors (Lipinski definition) is 1. The second kappa shape index (κ2) is 6.50. The molecule has 0 spiro atoms. The summed E-state index contributed by atoms with van der Waals surface area (Å²) in [5.41, 5.74) is 4.88. The van der Waals surface area contributed by atoms with Crippen molar-refractivity contribution in [2.24, 2.45) is 0 Å². The Morgan fingerprint density at radius 2 is 1.80 bits per heavy atom. The Morgan fingerprint density at radius 3 is 2.40 bits per heavy atom. The SMILES string of the molecule is COc1cc(C)c(S(=O)(=O)NCc2cc(C)n(C3CC3)c2C)cc1C. The van der Waals surface area contributed by atoms with Crippen molar-refractivity contribution in [1.82, 2.24) is 9.29 Å². The van der Waals surface area contributed by atoms with Gasteiger partial charge in [0.25, 0.3) is 0 Å². The van der Waals surface area contributed by atoms with Crippen LogP contribution in [0.5, 0.6) is 5.75 Å². The first kappa shape index (κ1) is 18.0. The lowest BCUT2D eigenvalue weighted by Crippen LogP contribution is -2.24. The smallest absolute Gasteiger partial charge is 0.241 e. The molecule has 0 radical (unpaired) electrons. The molecule has 3 rings (SSSR count). The molecule has 0 bridgehead atoms. The van der Waals surface area contributed by atoms with E-state index in [1.165, 1.54) is 18.5 Å². The number of aromatic nitrogens is 1. The number of hydrogen-bond acceptors (Lipinski definition) is 3. The highest BCUT2D eigenvalue weighted by atomic mass is 32.2. The third-order valence-electron chi connectivity index (χ3n) is 4.94. The van der Waals surface area contributed by atoms with Gasteiger partial charge >= 0.3 is 0 Å². The monoisotopic (exact) mass is 362 g/mol. The number of benzene rings is 1. The fourth-order valence-electron chi connectivity index (χ4n) is 3.44. The maximum Gasteiger partial charge on any atom is 0.241 e. The fraction of sp³-hybridized carbons (Fsp3) is 0.474. The molecule has 1 fully saturated rings. The van der Waals surface area contributed by atoms with Crippen LogP contribution in [-0.4, -0.2) is 20.1 Å². The van der Waals surface area contributed by atoms with Gasteiger partial charge in [0.1, 0.15) is 5.75 Å². The van der Waals surface area contributed by atoms with Crippen LogP contribution in [-0.2, 0) is 16.6 Å². The van der Waals surface area contributed by atoms with Crippen molar-refractivity contribution in [2.45, 2.75) is 58.0 Å². The van der Waals surface area contributed by atoms with Crippen molar-refractivity contribution in [1.29, 1.82) is 0 Å². The van der Waals surface area contributed by atoms with Gasteiger partial charge in [0.05, 0.1) is 12.0 Å². The molecule has 1 N–H and O–H groups in total. The summed E-state index contributed by atoms with van der Waals surface area (Å²) in [5, 5.41) is 0. The molecule has 1 aliphatic rings. The van der Waals surface area contributed by atoms with E-state index in [1.54, 1.807) is 26.2 Å². The lowest BCUT2D eigenvalue weighted by atomic mass is 10.1. The van der Waals surface area contributed by atoms with Crippen molar-refractivity contribution in [3.05, 3.63) is 46.3 Å². The minimum absolute atomic E-state index is 0.305. The molecule has 136 valence electrons. The second-order valence-corrected chi connectivity index (χ2v) is 8.64. The van der Waals surface area contributed by atoms with Gasteiger partial charge in [-0.2, -0.15) is 0 Å². The van der Waals surface area contributed by atoms with Crippen molar-refractivity contribution in [3.8, 4) is 5.75 Å². The van der Waals surface area contributed by atoms with Gasteiger partial charge in [-0.3, -0.25) is 0 Å². The molecule has 0 aliphatic heterocycles. The number of ether oxygens (including phenoxy) is 1. The summed E-state index contributed by atoms with van der Waals surface area (Å²) >= 11 is 0. The molecule has 1 saturated carbocycles. The molecule has 0 atom stereocenters. The van der Waals surface area contributed by atoms with E-state index in [1.807, 2.05) is 6.92 Å². The van der Waals surface area contributed by atoms with E-state index >= 15 is 0 Å². The molecule has 0 saturated heterocycles. The number of rotatable bonds is 6. The number of methoxy groups -OCH3 is 1. The van der Waals surface area contributed by atoms with Crippen molar-refractivity contribution in [2.75, 3.05) is 7.11 Å². The average molecular weight is 362 g/mol. The summed E-state index contributed by atoms with van der Waals surface area (Å²) in [4.78, 5) is 0.307. The lowest BCUT2D eigenvalue weighted by molar-refractivity contribution is 0.411. The Kier molecular flexibility index (Phi) is 4.68. The Labute approximate surface area is 150 Å². The van der Waals surface area contributed by atoms with E-state index in [4.69, 9.17) is 4.74 Å². The van der Waals surface area contributed by atoms with Crippen molar-refractivity contribution in [3.63, 3.8) is 0 Å². The van der Waals surface area contributed by atoms with Gasteiger partial charge in [-0.15, -0.1) is 0 Å². The largest absolute Gasteiger partial charge is 0.496 e. The minimum Gasteiger partial charge on any atom is -0.496 e. The summed E-state index contributed by atoms with van der Waals surface area (Å²) in [6.45, 7) is 8.09. The van der Waals surface area contributed by atoms with E-state index in [2.05, 4.69) is 29.2 Å². The molecule has 1 aromatic carbocycles. The van der Waals surface area contributed by atoms with E-state index in [0.717, 1.165) is 16.8 Å². The topological polar surface area (TPSA) is 60.3 Å². The highest BCUT2D eigenvalue weighted by Crippen LogP contribution is 2.38. The first-order valence-corrected chi connectivity index (χ1v) is 10.0. The predicted octanol–water partition coefficient (Wildman–Crippen LogP) is 3.54. The summed E-state index contributed by atoms with van der Waals surface area (Å²) in [7, 11) is -1.99. The standard InChI is InChI=1S/C19H26N2O3S/c1-12-9-19(13(2)8-18(12)24-5)25(22,23)20-11-16-10-14(3)21(15(16)4)17-6-7-17/h8-10,17,20H,6-7,11H2,1-5H3. The number of sulfonamides is 1. The molecule has 25 heavy (non-hydrogen) atoms. The van der Waals surface area contributed by atoms with Gasteiger partial charge in [0, 0.05) is 24.0 Å². The Bertz CT molecular complexity index is 909. The Morgan fingerprint density at radius 1 is 1.12 bits per heavy atom. The molecule has 1 aliphatic carbocycles. The molecular formula is C19H26N2O3S. The van der Waals surface area contributed by atoms with Crippen LogP contribution < -0.4 is 9.46 Å². The number of aryl methyl sites for hydroxylation is 3. The van der Waals surface area contributed by atoms with Crippen molar-refractivity contribution < 1.29 is 13.2 Å². The van der Waals surface area contributed by atoms with Crippen LogP contribution in [0.3, 0.4) is 0 Å².